The summed E-state index contributed by atoms with van der Waals surface area (Å²) in [5.41, 5.74) is 7.75. The van der Waals surface area contributed by atoms with E-state index in [0.29, 0.717) is 16.9 Å². The van der Waals surface area contributed by atoms with E-state index in [-0.39, 0.29) is 24.7 Å². The van der Waals surface area contributed by atoms with E-state index in [2.05, 4.69) is 0 Å². The number of hydrogen-bond donors (Lipinski definition) is 2. The average molecular weight is 355 g/mol. The minimum absolute atomic E-state index is 0. The van der Waals surface area contributed by atoms with Crippen LogP contribution < -0.4 is 5.73 Å². The van der Waals surface area contributed by atoms with Crippen molar-refractivity contribution in [2.45, 2.75) is 29.2 Å². The first-order valence-corrected chi connectivity index (χ1v) is 7.72. The highest BCUT2D eigenvalue weighted by atomic mass is 35.5. The van der Waals surface area contributed by atoms with Crippen LogP contribution in [-0.4, -0.2) is 16.6 Å². The van der Waals surface area contributed by atoms with Crippen LogP contribution in [0.4, 0.5) is 5.69 Å². The Kier molecular flexibility index (Phi) is 7.51. The topological polar surface area (TPSA) is 89.4 Å². The number of benzene rings is 2. The van der Waals surface area contributed by atoms with Gasteiger partial charge in [0.2, 0.25) is 0 Å². The van der Waals surface area contributed by atoms with Gasteiger partial charge in [-0.3, -0.25) is 10.1 Å². The molecule has 0 saturated carbocycles. The summed E-state index contributed by atoms with van der Waals surface area (Å²) in [7, 11) is 0. The van der Waals surface area contributed by atoms with E-state index in [1.165, 1.54) is 17.8 Å². The van der Waals surface area contributed by atoms with Crippen molar-refractivity contribution in [2.75, 3.05) is 6.61 Å². The molecule has 0 bridgehead atoms. The Balaban J connectivity index is 0.00000264. The number of aliphatic hydroxyl groups is 1. The molecular formula is C16H19ClN2O3S. The number of nitro groups is 1. The average Bonchev–Trinajstić information content (AvgIpc) is 2.50. The number of nitro benzene ring substituents is 1. The zero-order valence-electron chi connectivity index (χ0n) is 12.6. The summed E-state index contributed by atoms with van der Waals surface area (Å²) in [6.07, 6.45) is 0.377. The molecule has 0 amide bonds. The van der Waals surface area contributed by atoms with E-state index in [1.54, 1.807) is 12.1 Å². The lowest BCUT2D eigenvalue weighted by Crippen LogP contribution is -2.12. The molecule has 0 radical (unpaired) electrons. The van der Waals surface area contributed by atoms with Crippen molar-refractivity contribution in [3.8, 4) is 0 Å². The van der Waals surface area contributed by atoms with Crippen LogP contribution >= 0.6 is 24.2 Å². The quantitative estimate of drug-likeness (QED) is 0.607. The maximum atomic E-state index is 11.3. The maximum absolute atomic E-state index is 11.3. The second-order valence-electron chi connectivity index (χ2n) is 5.02. The van der Waals surface area contributed by atoms with E-state index in [1.807, 2.05) is 31.2 Å². The molecule has 2 aromatic carbocycles. The second-order valence-corrected chi connectivity index (χ2v) is 6.13. The highest BCUT2D eigenvalue weighted by molar-refractivity contribution is 7.99. The molecule has 0 aliphatic carbocycles. The number of hydrogen-bond acceptors (Lipinski definition) is 5. The lowest BCUT2D eigenvalue weighted by molar-refractivity contribution is -0.387. The molecular weight excluding hydrogens is 336 g/mol. The first-order chi connectivity index (χ1) is 10.5. The third-order valence-electron chi connectivity index (χ3n) is 3.30. The molecule has 0 aliphatic heterocycles. The maximum Gasteiger partial charge on any atom is 0.283 e. The third kappa shape index (κ3) is 5.21. The van der Waals surface area contributed by atoms with Gasteiger partial charge in [-0.15, -0.1) is 12.4 Å². The molecule has 2 aromatic rings. The highest BCUT2D eigenvalue weighted by Crippen LogP contribution is 2.36. The van der Waals surface area contributed by atoms with E-state index in [4.69, 9.17) is 10.8 Å². The van der Waals surface area contributed by atoms with Crippen LogP contribution in [0, 0.1) is 17.0 Å². The van der Waals surface area contributed by atoms with Gasteiger partial charge in [-0.1, -0.05) is 35.5 Å². The number of halogens is 1. The van der Waals surface area contributed by atoms with Crippen LogP contribution in [0.3, 0.4) is 0 Å². The molecule has 23 heavy (non-hydrogen) atoms. The van der Waals surface area contributed by atoms with Gasteiger partial charge in [0.25, 0.3) is 5.69 Å². The van der Waals surface area contributed by atoms with Gasteiger partial charge in [0.05, 0.1) is 9.82 Å². The first kappa shape index (κ1) is 19.4. The Hall–Kier alpha value is -1.60. The van der Waals surface area contributed by atoms with Crippen molar-refractivity contribution in [1.82, 2.24) is 0 Å². The second kappa shape index (κ2) is 8.88. The Bertz CT molecular complexity index is 665. The smallest absolute Gasteiger partial charge is 0.283 e. The highest BCUT2D eigenvalue weighted by Gasteiger charge is 2.18. The lowest BCUT2D eigenvalue weighted by Gasteiger charge is -2.11. The van der Waals surface area contributed by atoms with E-state index in [0.717, 1.165) is 10.5 Å². The molecule has 7 heteroatoms. The number of aliphatic hydroxyl groups excluding tert-OH is 1. The van der Waals surface area contributed by atoms with Gasteiger partial charge >= 0.3 is 0 Å². The van der Waals surface area contributed by atoms with Gasteiger partial charge in [0, 0.05) is 23.6 Å². The molecule has 0 saturated heterocycles. The Morgan fingerprint density at radius 2 is 1.91 bits per heavy atom. The third-order valence-corrected chi connectivity index (χ3v) is 4.37. The molecule has 1 unspecified atom stereocenters. The van der Waals surface area contributed by atoms with Crippen molar-refractivity contribution in [3.05, 3.63) is 63.7 Å². The van der Waals surface area contributed by atoms with E-state index >= 15 is 0 Å². The number of rotatable bonds is 6. The van der Waals surface area contributed by atoms with Gasteiger partial charge in [-0.05, 0) is 37.1 Å². The molecule has 1 atom stereocenters. The minimum Gasteiger partial charge on any atom is -0.396 e. The summed E-state index contributed by atoms with van der Waals surface area (Å²) in [4.78, 5) is 12.4. The van der Waals surface area contributed by atoms with Gasteiger partial charge in [-0.2, -0.15) is 0 Å². The molecule has 0 aliphatic rings. The van der Waals surface area contributed by atoms with Gasteiger partial charge in [0.15, 0.2) is 0 Å². The number of aryl methyl sites for hydroxylation is 1. The Labute approximate surface area is 145 Å². The molecule has 2 rings (SSSR count). The molecule has 0 fully saturated rings. The summed E-state index contributed by atoms with van der Waals surface area (Å²) >= 11 is 1.35. The van der Waals surface area contributed by atoms with Crippen LogP contribution in [0.15, 0.2) is 52.3 Å². The van der Waals surface area contributed by atoms with Crippen LogP contribution in [0.5, 0.6) is 0 Å². The largest absolute Gasteiger partial charge is 0.396 e. The van der Waals surface area contributed by atoms with Gasteiger partial charge < -0.3 is 10.8 Å². The summed E-state index contributed by atoms with van der Waals surface area (Å²) in [6, 6.07) is 12.4. The molecule has 3 N–H and O–H groups in total. The van der Waals surface area contributed by atoms with Crippen molar-refractivity contribution < 1.29 is 10.0 Å². The van der Waals surface area contributed by atoms with Crippen LogP contribution in [0.2, 0.25) is 0 Å². The van der Waals surface area contributed by atoms with Crippen molar-refractivity contribution in [2.24, 2.45) is 5.73 Å². The normalized spacial score (nSPS) is 11.6. The minimum atomic E-state index is -0.401. The van der Waals surface area contributed by atoms with Crippen molar-refractivity contribution in [1.29, 1.82) is 0 Å². The first-order valence-electron chi connectivity index (χ1n) is 6.90. The molecule has 124 valence electrons. The van der Waals surface area contributed by atoms with Gasteiger partial charge in [0.1, 0.15) is 0 Å². The summed E-state index contributed by atoms with van der Waals surface area (Å²) < 4.78 is 0. The van der Waals surface area contributed by atoms with Crippen LogP contribution in [0.1, 0.15) is 23.6 Å². The van der Waals surface area contributed by atoms with Crippen molar-refractivity contribution in [3.63, 3.8) is 0 Å². The van der Waals surface area contributed by atoms with E-state index < -0.39 is 11.0 Å². The monoisotopic (exact) mass is 354 g/mol. The SMILES string of the molecule is Cc1ccc(Sc2ccc(C(N)CCO)cc2[N+](=O)[O-])cc1.Cl. The fourth-order valence-corrected chi connectivity index (χ4v) is 2.93. The zero-order valence-corrected chi connectivity index (χ0v) is 14.3. The number of nitrogens with zero attached hydrogens (tertiary/aromatic N) is 1. The predicted molar refractivity (Wildman–Crippen MR) is 94.3 cm³/mol. The number of nitrogens with two attached hydrogens (primary N) is 1. The van der Waals surface area contributed by atoms with E-state index in [9.17, 15) is 10.1 Å². The fraction of sp³-hybridized carbons (Fsp3) is 0.250. The molecule has 5 nitrogen and oxygen atoms in total. The van der Waals surface area contributed by atoms with Crippen molar-refractivity contribution >= 4 is 29.9 Å². The molecule has 0 aromatic heterocycles. The molecule has 0 heterocycles. The summed E-state index contributed by atoms with van der Waals surface area (Å²) in [6.45, 7) is 1.95. The lowest BCUT2D eigenvalue weighted by atomic mass is 10.0. The summed E-state index contributed by atoms with van der Waals surface area (Å²) in [5, 5.41) is 20.2. The fourth-order valence-electron chi connectivity index (χ4n) is 2.03. The van der Waals surface area contributed by atoms with Crippen LogP contribution in [-0.2, 0) is 0 Å². The molecule has 0 spiro atoms. The predicted octanol–water partition coefficient (Wildman–Crippen LogP) is 3.86. The Morgan fingerprint density at radius 3 is 2.48 bits per heavy atom. The van der Waals surface area contributed by atoms with Gasteiger partial charge in [-0.25, -0.2) is 0 Å². The standard InChI is InChI=1S/C16H18N2O3S.ClH/c1-11-2-5-13(6-3-11)22-16-7-4-12(14(17)8-9-19)10-15(16)18(20)21;/h2-7,10,14,19H,8-9,17H2,1H3;1H. The zero-order chi connectivity index (χ0) is 16.1. The van der Waals surface area contributed by atoms with Crippen LogP contribution in [0.25, 0.3) is 0 Å². The summed E-state index contributed by atoms with van der Waals surface area (Å²) in [5.74, 6) is 0. The Morgan fingerprint density at radius 1 is 1.26 bits per heavy atom.